The molecule has 2 aromatic carbocycles. The number of nitrogens with zero attached hydrogens (tertiary/aromatic N) is 2. The van der Waals surface area contributed by atoms with Gasteiger partial charge in [0.25, 0.3) is 5.91 Å². The molecule has 152 valence electrons. The lowest BCUT2D eigenvalue weighted by Crippen LogP contribution is -2.15. The lowest BCUT2D eigenvalue weighted by Gasteiger charge is -2.10. The van der Waals surface area contributed by atoms with Crippen molar-refractivity contribution in [1.29, 1.82) is 0 Å². The fourth-order valence-electron chi connectivity index (χ4n) is 2.87. The molecule has 0 fully saturated rings. The Balaban J connectivity index is 1.84. The van der Waals surface area contributed by atoms with Gasteiger partial charge in [-0.3, -0.25) is 9.48 Å². The molecule has 1 heterocycles. The molecule has 0 aliphatic heterocycles. The van der Waals surface area contributed by atoms with Crippen LogP contribution in [0.3, 0.4) is 0 Å². The minimum atomic E-state index is -4.54. The molecule has 3 aromatic rings. The van der Waals surface area contributed by atoms with Gasteiger partial charge < -0.3 is 5.32 Å². The van der Waals surface area contributed by atoms with Gasteiger partial charge in [0, 0.05) is 10.6 Å². The number of alkyl halides is 3. The van der Waals surface area contributed by atoms with E-state index in [1.54, 1.807) is 18.5 Å². The second-order valence-corrected chi connectivity index (χ2v) is 6.88. The Kier molecular flexibility index (Phi) is 5.66. The molecular weight excluding hydrogens is 410 g/mol. The Morgan fingerprint density at radius 3 is 2.55 bits per heavy atom. The number of amides is 1. The maximum absolute atomic E-state index is 13.2. The quantitative estimate of drug-likeness (QED) is 0.552. The highest BCUT2D eigenvalue weighted by Crippen LogP contribution is 2.30. The molecule has 0 atom stereocenters. The number of aryl methyl sites for hydroxylation is 1. The molecule has 0 saturated carbocycles. The molecule has 0 radical (unpaired) electrons. The van der Waals surface area contributed by atoms with Crippen molar-refractivity contribution < 1.29 is 22.4 Å². The summed E-state index contributed by atoms with van der Waals surface area (Å²) in [5, 5.41) is 7.21. The maximum atomic E-state index is 13.2. The number of rotatable bonds is 4. The Hall–Kier alpha value is -2.87. The van der Waals surface area contributed by atoms with E-state index in [2.05, 4.69) is 10.4 Å². The minimum absolute atomic E-state index is 0.118. The molecule has 9 heteroatoms. The third kappa shape index (κ3) is 4.59. The normalized spacial score (nSPS) is 11.6. The minimum Gasteiger partial charge on any atom is -0.319 e. The first-order valence-electron chi connectivity index (χ1n) is 8.53. The summed E-state index contributed by atoms with van der Waals surface area (Å²) in [5.41, 5.74) is 1.08. The molecule has 1 N–H and O–H groups in total. The summed E-state index contributed by atoms with van der Waals surface area (Å²) >= 11 is 6.05. The first kappa shape index (κ1) is 20.9. The van der Waals surface area contributed by atoms with Crippen molar-refractivity contribution >= 4 is 23.2 Å². The van der Waals surface area contributed by atoms with Crippen LogP contribution in [-0.4, -0.2) is 15.7 Å². The van der Waals surface area contributed by atoms with Gasteiger partial charge in [0.05, 0.1) is 29.2 Å². The number of nitrogens with one attached hydrogen (secondary N) is 1. The van der Waals surface area contributed by atoms with Crippen LogP contribution in [0, 0.1) is 19.7 Å². The second kappa shape index (κ2) is 7.87. The highest BCUT2D eigenvalue weighted by molar-refractivity contribution is 6.31. The van der Waals surface area contributed by atoms with Crippen LogP contribution in [-0.2, 0) is 12.7 Å². The zero-order chi connectivity index (χ0) is 21.3. The van der Waals surface area contributed by atoms with E-state index in [0.717, 1.165) is 12.1 Å². The van der Waals surface area contributed by atoms with Crippen LogP contribution in [0.25, 0.3) is 0 Å². The van der Waals surface area contributed by atoms with Crippen LogP contribution >= 0.6 is 11.6 Å². The van der Waals surface area contributed by atoms with Crippen LogP contribution in [0.15, 0.2) is 42.5 Å². The van der Waals surface area contributed by atoms with E-state index in [9.17, 15) is 22.4 Å². The number of hydrogen-bond donors (Lipinski definition) is 1. The number of carbonyl (C=O) groups excluding carboxylic acids is 1. The summed E-state index contributed by atoms with van der Waals surface area (Å²) in [5.74, 6) is -1.14. The monoisotopic (exact) mass is 425 g/mol. The van der Waals surface area contributed by atoms with Crippen LogP contribution in [0.2, 0.25) is 5.02 Å². The van der Waals surface area contributed by atoms with Crippen molar-refractivity contribution in [2.75, 3.05) is 5.32 Å². The van der Waals surface area contributed by atoms with E-state index >= 15 is 0 Å². The zero-order valence-electron chi connectivity index (χ0n) is 15.4. The van der Waals surface area contributed by atoms with Gasteiger partial charge >= 0.3 is 6.18 Å². The highest BCUT2D eigenvalue weighted by Gasteiger charge is 2.31. The molecule has 0 unspecified atom stereocenters. The van der Waals surface area contributed by atoms with Crippen LogP contribution in [0.1, 0.15) is 32.9 Å². The van der Waals surface area contributed by atoms with Crippen molar-refractivity contribution in [2.45, 2.75) is 26.6 Å². The molecule has 0 bridgehead atoms. The Bertz CT molecular complexity index is 1080. The SMILES string of the molecule is Cc1nn(Cc2ccc(F)cc2Cl)c(C)c1NC(=O)c1cccc(C(F)(F)F)c1. The van der Waals surface area contributed by atoms with Crippen molar-refractivity contribution in [3.8, 4) is 0 Å². The number of benzene rings is 2. The van der Waals surface area contributed by atoms with Crippen molar-refractivity contribution in [1.82, 2.24) is 9.78 Å². The molecule has 0 aliphatic rings. The van der Waals surface area contributed by atoms with Gasteiger partial charge in [-0.2, -0.15) is 18.3 Å². The van der Waals surface area contributed by atoms with Gasteiger partial charge in [-0.25, -0.2) is 4.39 Å². The molecule has 1 amide bonds. The summed E-state index contributed by atoms with van der Waals surface area (Å²) in [6, 6.07) is 8.19. The lowest BCUT2D eigenvalue weighted by atomic mass is 10.1. The third-order valence-corrected chi connectivity index (χ3v) is 4.76. The predicted molar refractivity (Wildman–Crippen MR) is 102 cm³/mol. The average molecular weight is 426 g/mol. The van der Waals surface area contributed by atoms with E-state index in [-0.39, 0.29) is 17.1 Å². The number of hydrogen-bond acceptors (Lipinski definition) is 2. The Labute approximate surface area is 169 Å². The van der Waals surface area contributed by atoms with Gasteiger partial charge in [-0.1, -0.05) is 23.7 Å². The van der Waals surface area contributed by atoms with Gasteiger partial charge in [-0.15, -0.1) is 0 Å². The van der Waals surface area contributed by atoms with Crippen LogP contribution in [0.5, 0.6) is 0 Å². The third-order valence-electron chi connectivity index (χ3n) is 4.41. The topological polar surface area (TPSA) is 46.9 Å². The first-order valence-corrected chi connectivity index (χ1v) is 8.90. The van der Waals surface area contributed by atoms with E-state index in [4.69, 9.17) is 11.6 Å². The van der Waals surface area contributed by atoms with Crippen LogP contribution in [0.4, 0.5) is 23.2 Å². The molecule has 3 rings (SSSR count). The maximum Gasteiger partial charge on any atom is 0.416 e. The fraction of sp³-hybridized carbons (Fsp3) is 0.200. The molecule has 29 heavy (non-hydrogen) atoms. The van der Waals surface area contributed by atoms with Gasteiger partial charge in [0.15, 0.2) is 0 Å². The predicted octanol–water partition coefficient (Wildman–Crippen LogP) is 5.61. The van der Waals surface area contributed by atoms with E-state index < -0.39 is 23.5 Å². The molecule has 0 spiro atoms. The molecule has 0 saturated heterocycles. The number of carbonyl (C=O) groups is 1. The lowest BCUT2D eigenvalue weighted by molar-refractivity contribution is -0.137. The number of aromatic nitrogens is 2. The summed E-state index contributed by atoms with van der Waals surface area (Å²) in [6.45, 7) is 3.61. The molecule has 1 aromatic heterocycles. The Morgan fingerprint density at radius 1 is 1.17 bits per heavy atom. The van der Waals surface area contributed by atoms with Crippen molar-refractivity contribution in [3.63, 3.8) is 0 Å². The first-order chi connectivity index (χ1) is 13.6. The van der Waals surface area contributed by atoms with Crippen LogP contribution < -0.4 is 5.32 Å². The summed E-state index contributed by atoms with van der Waals surface area (Å²) in [6.07, 6.45) is -4.54. The van der Waals surface area contributed by atoms with Gasteiger partial charge in [-0.05, 0) is 49.7 Å². The molecular formula is C20H16ClF4N3O. The van der Waals surface area contributed by atoms with E-state index in [0.29, 0.717) is 22.6 Å². The van der Waals surface area contributed by atoms with Crippen molar-refractivity contribution in [2.24, 2.45) is 0 Å². The summed E-state index contributed by atoms with van der Waals surface area (Å²) in [4.78, 5) is 12.5. The van der Waals surface area contributed by atoms with E-state index in [1.165, 1.54) is 30.3 Å². The highest BCUT2D eigenvalue weighted by atomic mass is 35.5. The average Bonchev–Trinajstić information content (AvgIpc) is 2.91. The Morgan fingerprint density at radius 2 is 1.90 bits per heavy atom. The number of anilines is 1. The standard InChI is InChI=1S/C20H16ClF4N3O/c1-11-18(26-19(29)13-4-3-5-15(8-13)20(23,24)25)12(2)28(27-11)10-14-6-7-16(22)9-17(14)21/h3-9H,10H2,1-2H3,(H,26,29). The fourth-order valence-corrected chi connectivity index (χ4v) is 3.09. The summed E-state index contributed by atoms with van der Waals surface area (Å²) < 4.78 is 53.4. The smallest absolute Gasteiger partial charge is 0.319 e. The largest absolute Gasteiger partial charge is 0.416 e. The zero-order valence-corrected chi connectivity index (χ0v) is 16.2. The second-order valence-electron chi connectivity index (χ2n) is 6.47. The van der Waals surface area contributed by atoms with Gasteiger partial charge in [0.1, 0.15) is 5.82 Å². The van der Waals surface area contributed by atoms with Crippen molar-refractivity contribution in [3.05, 3.63) is 81.4 Å². The van der Waals surface area contributed by atoms with E-state index in [1.807, 2.05) is 0 Å². The molecule has 0 aliphatic carbocycles. The summed E-state index contributed by atoms with van der Waals surface area (Å²) in [7, 11) is 0. The van der Waals surface area contributed by atoms with Gasteiger partial charge in [0.2, 0.25) is 0 Å². The number of halogens is 5. The molecule has 4 nitrogen and oxygen atoms in total.